The predicted octanol–water partition coefficient (Wildman–Crippen LogP) is 6.10. The number of anilines is 5. The van der Waals surface area contributed by atoms with Gasteiger partial charge in [-0.05, 0) is 73.7 Å². The second-order valence-electron chi connectivity index (χ2n) is 9.65. The lowest BCUT2D eigenvalue weighted by molar-refractivity contribution is 0.506. The molecular formula is C31H34N8. The molecule has 5 rings (SSSR count). The molecule has 0 atom stereocenters. The Kier molecular flexibility index (Phi) is 7.73. The number of nitrogen functional groups attached to an aromatic ring is 1. The van der Waals surface area contributed by atoms with E-state index in [1.165, 1.54) is 5.56 Å². The Labute approximate surface area is 229 Å². The van der Waals surface area contributed by atoms with Crippen molar-refractivity contribution in [2.75, 3.05) is 34.0 Å². The monoisotopic (exact) mass is 518 g/mol. The molecule has 198 valence electrons. The number of nitrogens with one attached hydrogen (secondary N) is 1. The van der Waals surface area contributed by atoms with E-state index in [1.54, 1.807) is 24.3 Å². The Bertz CT molecular complexity index is 1440. The summed E-state index contributed by atoms with van der Waals surface area (Å²) in [6, 6.07) is 26.6. The van der Waals surface area contributed by atoms with E-state index in [9.17, 15) is 0 Å². The molecule has 1 saturated heterocycles. The van der Waals surface area contributed by atoms with E-state index in [0.717, 1.165) is 59.9 Å². The van der Waals surface area contributed by atoms with Gasteiger partial charge in [0.2, 0.25) is 5.95 Å². The summed E-state index contributed by atoms with van der Waals surface area (Å²) in [6.45, 7) is 7.50. The highest BCUT2D eigenvalue weighted by atomic mass is 15.5. The number of hydrogen-bond acceptors (Lipinski definition) is 7. The van der Waals surface area contributed by atoms with Crippen LogP contribution in [-0.4, -0.2) is 28.9 Å². The average Bonchev–Trinajstić information content (AvgIpc) is 2.97. The molecule has 39 heavy (non-hydrogen) atoms. The normalized spacial score (nSPS) is 14.2. The van der Waals surface area contributed by atoms with Gasteiger partial charge in [-0.2, -0.15) is 5.10 Å². The first-order chi connectivity index (χ1) is 19.0. The molecule has 8 nitrogen and oxygen atoms in total. The van der Waals surface area contributed by atoms with Crippen LogP contribution in [0.1, 0.15) is 31.2 Å². The number of aromatic nitrogens is 2. The van der Waals surface area contributed by atoms with Gasteiger partial charge in [-0.15, -0.1) is 0 Å². The molecule has 4 aromatic rings. The maximum atomic E-state index is 6.55. The molecule has 8 heteroatoms. The highest BCUT2D eigenvalue weighted by molar-refractivity contribution is 5.79. The van der Waals surface area contributed by atoms with Crippen LogP contribution in [0, 0.1) is 0 Å². The maximum Gasteiger partial charge on any atom is 0.227 e. The SMILES string of the molecule is C=CN(/N=C(/C)N)c1ccc(Nc2nccc(-c3ccc(N4CCC(c5ccccc5)CC4)c(N)c3)n2)cc1. The number of benzene rings is 3. The molecule has 1 fully saturated rings. The summed E-state index contributed by atoms with van der Waals surface area (Å²) in [7, 11) is 0. The number of hydrogen-bond donors (Lipinski definition) is 3. The Balaban J connectivity index is 1.25. The Morgan fingerprint density at radius 2 is 1.79 bits per heavy atom. The standard InChI is InChI=1S/C31H34N8/c1-3-39(37-22(2)32)27-12-10-26(11-13-27)35-31-34-18-15-29(36-31)25-9-14-30(28(33)21-25)38-19-16-24(17-20-38)23-7-5-4-6-8-23/h3-15,18,21,24H,1,16-17,19-20,33H2,2H3,(H2,32,37)(H,34,35,36). The first-order valence-corrected chi connectivity index (χ1v) is 13.1. The molecule has 0 bridgehead atoms. The minimum atomic E-state index is 0.448. The summed E-state index contributed by atoms with van der Waals surface area (Å²) < 4.78 is 0. The third kappa shape index (κ3) is 6.18. The summed E-state index contributed by atoms with van der Waals surface area (Å²) in [4.78, 5) is 11.5. The van der Waals surface area contributed by atoms with Crippen molar-refractivity contribution in [3.05, 3.63) is 103 Å². The molecule has 0 radical (unpaired) electrons. The van der Waals surface area contributed by atoms with E-state index in [1.807, 2.05) is 36.4 Å². The van der Waals surface area contributed by atoms with Gasteiger partial charge < -0.3 is 21.7 Å². The highest BCUT2D eigenvalue weighted by Gasteiger charge is 2.22. The molecule has 0 aliphatic carbocycles. The third-order valence-corrected chi connectivity index (χ3v) is 6.91. The van der Waals surface area contributed by atoms with E-state index >= 15 is 0 Å². The van der Waals surface area contributed by atoms with Crippen LogP contribution in [0.2, 0.25) is 0 Å². The number of piperidine rings is 1. The minimum Gasteiger partial charge on any atom is -0.397 e. The van der Waals surface area contributed by atoms with Crippen LogP contribution in [0.15, 0.2) is 103 Å². The molecule has 0 unspecified atom stereocenters. The molecule has 5 N–H and O–H groups in total. The molecule has 1 aliphatic heterocycles. The number of hydrazone groups is 1. The van der Waals surface area contributed by atoms with Crippen LogP contribution in [0.25, 0.3) is 11.3 Å². The fourth-order valence-corrected chi connectivity index (χ4v) is 4.96. The smallest absolute Gasteiger partial charge is 0.227 e. The van der Waals surface area contributed by atoms with Gasteiger partial charge in [0.1, 0.15) is 5.84 Å². The van der Waals surface area contributed by atoms with Crippen LogP contribution in [0.3, 0.4) is 0 Å². The molecule has 1 aromatic heterocycles. The Hall–Kier alpha value is -4.85. The first kappa shape index (κ1) is 25.8. The second kappa shape index (κ2) is 11.7. The third-order valence-electron chi connectivity index (χ3n) is 6.91. The van der Waals surface area contributed by atoms with Crippen molar-refractivity contribution in [3.63, 3.8) is 0 Å². The van der Waals surface area contributed by atoms with Crippen LogP contribution in [0.4, 0.5) is 28.7 Å². The first-order valence-electron chi connectivity index (χ1n) is 13.1. The Morgan fingerprint density at radius 3 is 2.46 bits per heavy atom. The molecule has 3 aromatic carbocycles. The van der Waals surface area contributed by atoms with Gasteiger partial charge in [-0.1, -0.05) is 43.0 Å². The van der Waals surface area contributed by atoms with Crippen LogP contribution in [-0.2, 0) is 0 Å². The largest absolute Gasteiger partial charge is 0.397 e. The quantitative estimate of drug-likeness (QED) is 0.112. The highest BCUT2D eigenvalue weighted by Crippen LogP contribution is 2.34. The molecule has 0 amide bonds. The molecule has 0 saturated carbocycles. The lowest BCUT2D eigenvalue weighted by Gasteiger charge is -2.34. The van der Waals surface area contributed by atoms with E-state index in [4.69, 9.17) is 16.5 Å². The number of rotatable bonds is 8. The average molecular weight is 519 g/mol. The lowest BCUT2D eigenvalue weighted by atomic mass is 9.89. The van der Waals surface area contributed by atoms with Crippen molar-refractivity contribution in [1.82, 2.24) is 9.97 Å². The maximum absolute atomic E-state index is 6.55. The zero-order valence-corrected chi connectivity index (χ0v) is 22.2. The van der Waals surface area contributed by atoms with Crippen molar-refractivity contribution in [2.24, 2.45) is 10.8 Å². The summed E-state index contributed by atoms with van der Waals surface area (Å²) in [5, 5.41) is 9.12. The zero-order chi connectivity index (χ0) is 27.2. The van der Waals surface area contributed by atoms with Crippen molar-refractivity contribution in [3.8, 4) is 11.3 Å². The summed E-state index contributed by atoms with van der Waals surface area (Å²) in [5.74, 6) is 1.56. The zero-order valence-electron chi connectivity index (χ0n) is 22.2. The molecule has 2 heterocycles. The van der Waals surface area contributed by atoms with Crippen LogP contribution >= 0.6 is 0 Å². The van der Waals surface area contributed by atoms with Gasteiger partial charge >= 0.3 is 0 Å². The Morgan fingerprint density at radius 1 is 1.05 bits per heavy atom. The topological polar surface area (TPSA) is 109 Å². The fraction of sp³-hybridized carbons (Fsp3) is 0.194. The van der Waals surface area contributed by atoms with Crippen molar-refractivity contribution in [2.45, 2.75) is 25.7 Å². The van der Waals surface area contributed by atoms with E-state index < -0.39 is 0 Å². The van der Waals surface area contributed by atoms with Crippen molar-refractivity contribution >= 4 is 34.5 Å². The van der Waals surface area contributed by atoms with Crippen LogP contribution in [0.5, 0.6) is 0 Å². The van der Waals surface area contributed by atoms with Gasteiger partial charge in [0.15, 0.2) is 0 Å². The molecular weight excluding hydrogens is 484 g/mol. The van der Waals surface area contributed by atoms with Gasteiger partial charge in [-0.25, -0.2) is 15.0 Å². The number of amidine groups is 1. The van der Waals surface area contributed by atoms with Gasteiger partial charge in [0, 0.05) is 36.7 Å². The predicted molar refractivity (Wildman–Crippen MR) is 162 cm³/mol. The lowest BCUT2D eigenvalue weighted by Crippen LogP contribution is -2.33. The van der Waals surface area contributed by atoms with Crippen LogP contribution < -0.4 is 26.7 Å². The molecule has 0 spiro atoms. The second-order valence-corrected chi connectivity index (χ2v) is 9.65. The van der Waals surface area contributed by atoms with Crippen molar-refractivity contribution < 1.29 is 0 Å². The summed E-state index contributed by atoms with van der Waals surface area (Å²) >= 11 is 0. The van der Waals surface area contributed by atoms with E-state index in [0.29, 0.717) is 17.7 Å². The number of nitrogens with zero attached hydrogens (tertiary/aromatic N) is 5. The van der Waals surface area contributed by atoms with Crippen molar-refractivity contribution in [1.29, 1.82) is 0 Å². The molecule has 1 aliphatic rings. The van der Waals surface area contributed by atoms with Gasteiger partial charge in [-0.3, -0.25) is 0 Å². The summed E-state index contributed by atoms with van der Waals surface area (Å²) in [6.07, 6.45) is 5.60. The fourth-order valence-electron chi connectivity index (χ4n) is 4.96. The van der Waals surface area contributed by atoms with Gasteiger partial charge in [0.25, 0.3) is 0 Å². The van der Waals surface area contributed by atoms with E-state index in [-0.39, 0.29) is 0 Å². The van der Waals surface area contributed by atoms with Gasteiger partial charge in [0.05, 0.1) is 22.8 Å². The number of nitrogens with two attached hydrogens (primary N) is 2. The summed E-state index contributed by atoms with van der Waals surface area (Å²) in [5.41, 5.74) is 19.0. The van der Waals surface area contributed by atoms with E-state index in [2.05, 4.69) is 69.3 Å². The minimum absolute atomic E-state index is 0.448.